The Hall–Kier alpha value is -2.20. The topological polar surface area (TPSA) is 41.5 Å². The van der Waals surface area contributed by atoms with Crippen molar-refractivity contribution in [2.75, 3.05) is 0 Å². The number of hydrazone groups is 1. The lowest BCUT2D eigenvalue weighted by Crippen LogP contribution is -2.35. The summed E-state index contributed by atoms with van der Waals surface area (Å²) in [5.74, 6) is 0.299. The van der Waals surface area contributed by atoms with E-state index < -0.39 is 0 Å². The van der Waals surface area contributed by atoms with Crippen LogP contribution < -0.4 is 5.43 Å². The van der Waals surface area contributed by atoms with Crippen LogP contribution >= 0.6 is 15.9 Å². The van der Waals surface area contributed by atoms with E-state index in [9.17, 15) is 4.79 Å². The first-order valence-corrected chi connectivity index (χ1v) is 8.88. The van der Waals surface area contributed by atoms with Crippen molar-refractivity contribution in [1.82, 2.24) is 5.43 Å². The van der Waals surface area contributed by atoms with Crippen LogP contribution in [-0.2, 0) is 4.79 Å². The fraction of sp³-hybridized carbons (Fsp3) is 0.200. The Balaban J connectivity index is 1.58. The standard InChI is InChI=1S/C20H17BrN2O/c21-16-8-6-14(7-9-16)18-12-17-19(23-22-18)10-15(11-20(17)24)13-4-2-1-3-5-13/h1-9,12,15,17,22H,10-11H2/t15-,17+/m1/s1. The van der Waals surface area contributed by atoms with Crippen LogP contribution in [0.2, 0.25) is 0 Å². The first kappa shape index (κ1) is 15.3. The van der Waals surface area contributed by atoms with Crippen LogP contribution in [0.25, 0.3) is 5.70 Å². The second kappa shape index (κ2) is 6.36. The third kappa shape index (κ3) is 2.94. The summed E-state index contributed by atoms with van der Waals surface area (Å²) < 4.78 is 1.03. The Morgan fingerprint density at radius 3 is 2.50 bits per heavy atom. The third-order valence-corrected chi connectivity index (χ3v) is 5.22. The van der Waals surface area contributed by atoms with Gasteiger partial charge in [-0.1, -0.05) is 58.4 Å². The van der Waals surface area contributed by atoms with Crippen LogP contribution in [0.5, 0.6) is 0 Å². The van der Waals surface area contributed by atoms with Crippen molar-refractivity contribution in [3.8, 4) is 0 Å². The molecule has 4 heteroatoms. The zero-order chi connectivity index (χ0) is 16.5. The average Bonchev–Trinajstić information content (AvgIpc) is 2.63. The number of fused-ring (bicyclic) bond motifs is 1. The van der Waals surface area contributed by atoms with Crippen LogP contribution in [0.1, 0.15) is 29.9 Å². The van der Waals surface area contributed by atoms with Crippen LogP contribution in [-0.4, -0.2) is 11.5 Å². The van der Waals surface area contributed by atoms with E-state index in [1.54, 1.807) is 0 Å². The third-order valence-electron chi connectivity index (χ3n) is 4.69. The highest BCUT2D eigenvalue weighted by Crippen LogP contribution is 2.35. The van der Waals surface area contributed by atoms with Gasteiger partial charge in [0.25, 0.3) is 0 Å². The molecule has 1 N–H and O–H groups in total. The highest BCUT2D eigenvalue weighted by atomic mass is 79.9. The number of carbonyl (C=O) groups excluding carboxylic acids is 1. The molecule has 1 heterocycles. The van der Waals surface area contributed by atoms with E-state index in [2.05, 4.69) is 38.6 Å². The van der Waals surface area contributed by atoms with Crippen molar-refractivity contribution in [2.45, 2.75) is 18.8 Å². The molecule has 1 saturated carbocycles. The first-order chi connectivity index (χ1) is 11.7. The Morgan fingerprint density at radius 2 is 1.75 bits per heavy atom. The van der Waals surface area contributed by atoms with Gasteiger partial charge in [-0.15, -0.1) is 0 Å². The number of ketones is 1. The number of Topliss-reactive ketones (excluding diaryl/α,β-unsaturated/α-hetero) is 1. The average molecular weight is 381 g/mol. The van der Waals surface area contributed by atoms with Gasteiger partial charge in [-0.25, -0.2) is 0 Å². The van der Waals surface area contributed by atoms with E-state index >= 15 is 0 Å². The Bertz CT molecular complexity index is 824. The van der Waals surface area contributed by atoms with Gasteiger partial charge in [0.15, 0.2) is 0 Å². The van der Waals surface area contributed by atoms with Gasteiger partial charge in [-0.05, 0) is 41.7 Å². The Kier molecular flexibility index (Phi) is 4.07. The first-order valence-electron chi connectivity index (χ1n) is 8.08. The number of nitrogens with one attached hydrogen (secondary N) is 1. The van der Waals surface area contributed by atoms with Crippen molar-refractivity contribution in [2.24, 2.45) is 11.0 Å². The number of nitrogens with zero attached hydrogens (tertiary/aromatic N) is 1. The summed E-state index contributed by atoms with van der Waals surface area (Å²) in [5, 5.41) is 4.52. The molecule has 24 heavy (non-hydrogen) atoms. The summed E-state index contributed by atoms with van der Waals surface area (Å²) in [6, 6.07) is 18.3. The van der Waals surface area contributed by atoms with Gasteiger partial charge in [0.1, 0.15) is 5.78 Å². The number of rotatable bonds is 2. The molecule has 0 aromatic heterocycles. The van der Waals surface area contributed by atoms with Gasteiger partial charge in [-0.2, -0.15) is 5.10 Å². The monoisotopic (exact) mass is 380 g/mol. The summed E-state index contributed by atoms with van der Waals surface area (Å²) in [6.45, 7) is 0. The molecule has 2 aromatic carbocycles. The maximum absolute atomic E-state index is 12.7. The number of benzene rings is 2. The molecule has 0 spiro atoms. The number of hydrogen-bond donors (Lipinski definition) is 1. The van der Waals surface area contributed by atoms with Gasteiger partial charge in [-0.3, -0.25) is 10.2 Å². The van der Waals surface area contributed by atoms with E-state index in [4.69, 9.17) is 0 Å². The molecule has 0 unspecified atom stereocenters. The van der Waals surface area contributed by atoms with E-state index in [0.717, 1.165) is 27.9 Å². The smallest absolute Gasteiger partial charge is 0.146 e. The van der Waals surface area contributed by atoms with Crippen molar-refractivity contribution in [3.05, 3.63) is 76.3 Å². The van der Waals surface area contributed by atoms with Crippen LogP contribution in [0.15, 0.2) is 70.2 Å². The van der Waals surface area contributed by atoms with Gasteiger partial charge < -0.3 is 0 Å². The summed E-state index contributed by atoms with van der Waals surface area (Å²) in [6.07, 6.45) is 3.43. The molecule has 3 nitrogen and oxygen atoms in total. The molecule has 2 aliphatic rings. The number of halogens is 1. The number of carbonyl (C=O) groups is 1. The molecule has 1 aliphatic carbocycles. The Morgan fingerprint density at radius 1 is 1.00 bits per heavy atom. The zero-order valence-electron chi connectivity index (χ0n) is 13.1. The number of hydrogen-bond acceptors (Lipinski definition) is 3. The highest BCUT2D eigenvalue weighted by Gasteiger charge is 2.35. The van der Waals surface area contributed by atoms with Gasteiger partial charge in [0.05, 0.1) is 17.3 Å². The zero-order valence-corrected chi connectivity index (χ0v) is 14.7. The van der Waals surface area contributed by atoms with Crippen LogP contribution in [0, 0.1) is 5.92 Å². The van der Waals surface area contributed by atoms with Crippen molar-refractivity contribution in [1.29, 1.82) is 0 Å². The lowest BCUT2D eigenvalue weighted by molar-refractivity contribution is -0.120. The van der Waals surface area contributed by atoms with E-state index in [1.807, 2.05) is 48.5 Å². The maximum Gasteiger partial charge on any atom is 0.146 e. The second-order valence-corrected chi connectivity index (χ2v) is 7.18. The van der Waals surface area contributed by atoms with E-state index in [0.29, 0.717) is 6.42 Å². The van der Waals surface area contributed by atoms with E-state index in [1.165, 1.54) is 5.56 Å². The molecule has 0 bridgehead atoms. The van der Waals surface area contributed by atoms with Crippen molar-refractivity contribution >= 4 is 33.1 Å². The quantitative estimate of drug-likeness (QED) is 0.832. The summed E-state index contributed by atoms with van der Waals surface area (Å²) in [5.41, 5.74) is 7.24. The Labute approximate surface area is 149 Å². The maximum atomic E-state index is 12.7. The largest absolute Gasteiger partial charge is 0.299 e. The minimum Gasteiger partial charge on any atom is -0.299 e. The normalized spacial score (nSPS) is 23.0. The highest BCUT2D eigenvalue weighted by molar-refractivity contribution is 9.10. The molecule has 2 atom stereocenters. The molecular formula is C20H17BrN2O. The number of allylic oxidation sites excluding steroid dienone is 1. The molecule has 0 saturated heterocycles. The minimum absolute atomic E-state index is 0.190. The lowest BCUT2D eigenvalue weighted by Gasteiger charge is -2.30. The fourth-order valence-corrected chi connectivity index (χ4v) is 3.66. The molecule has 120 valence electrons. The van der Waals surface area contributed by atoms with Crippen LogP contribution in [0.4, 0.5) is 0 Å². The fourth-order valence-electron chi connectivity index (χ4n) is 3.40. The molecule has 1 aliphatic heterocycles. The summed E-state index contributed by atoms with van der Waals surface area (Å²) in [4.78, 5) is 12.7. The summed E-state index contributed by atoms with van der Waals surface area (Å²) in [7, 11) is 0. The lowest BCUT2D eigenvalue weighted by atomic mass is 9.75. The van der Waals surface area contributed by atoms with Gasteiger partial charge >= 0.3 is 0 Å². The van der Waals surface area contributed by atoms with E-state index in [-0.39, 0.29) is 17.6 Å². The SMILES string of the molecule is O=C1C[C@H](c2ccccc2)CC2=NNC(c3ccc(Br)cc3)=C[C@H]12. The molecule has 2 aromatic rings. The molecular weight excluding hydrogens is 364 g/mol. The van der Waals surface area contributed by atoms with Crippen LogP contribution in [0.3, 0.4) is 0 Å². The second-order valence-electron chi connectivity index (χ2n) is 6.26. The predicted molar refractivity (Wildman–Crippen MR) is 99.6 cm³/mol. The minimum atomic E-state index is -0.190. The molecule has 0 radical (unpaired) electrons. The van der Waals surface area contributed by atoms with Gasteiger partial charge in [0.2, 0.25) is 0 Å². The predicted octanol–water partition coefficient (Wildman–Crippen LogP) is 4.51. The van der Waals surface area contributed by atoms with Crippen molar-refractivity contribution < 1.29 is 4.79 Å². The summed E-state index contributed by atoms with van der Waals surface area (Å²) >= 11 is 3.44. The molecule has 4 rings (SSSR count). The van der Waals surface area contributed by atoms with Gasteiger partial charge in [0, 0.05) is 10.9 Å². The molecule has 1 fully saturated rings. The van der Waals surface area contributed by atoms with Crippen molar-refractivity contribution in [3.63, 3.8) is 0 Å². The molecule has 0 amide bonds.